The predicted molar refractivity (Wildman–Crippen MR) is 56.2 cm³/mol. The van der Waals surface area contributed by atoms with E-state index < -0.39 is 0 Å². The molecular weight excluding hydrogens is 188 g/mol. The molecule has 1 aromatic rings. The van der Waals surface area contributed by atoms with Gasteiger partial charge in [-0.2, -0.15) is 5.21 Å². The fourth-order valence-corrected chi connectivity index (χ4v) is 1.69. The van der Waals surface area contributed by atoms with E-state index in [1.54, 1.807) is 0 Å². The van der Waals surface area contributed by atoms with Crippen LogP contribution in [0.25, 0.3) is 22.5 Å². The van der Waals surface area contributed by atoms with E-state index in [0.29, 0.717) is 5.82 Å². The van der Waals surface area contributed by atoms with Crippen LogP contribution in [0.5, 0.6) is 0 Å². The molecule has 15 heavy (non-hydrogen) atoms. The lowest BCUT2D eigenvalue weighted by Crippen LogP contribution is -1.79. The predicted octanol–water partition coefficient (Wildman–Crippen LogP) is 1.97. The maximum atomic E-state index is 3.98. The van der Waals surface area contributed by atoms with Crippen molar-refractivity contribution in [1.29, 1.82) is 0 Å². The van der Waals surface area contributed by atoms with Gasteiger partial charge in [0.1, 0.15) is 0 Å². The van der Waals surface area contributed by atoms with Gasteiger partial charge >= 0.3 is 0 Å². The number of rotatable bonds is 1. The lowest BCUT2D eigenvalue weighted by atomic mass is 10.1. The molecule has 0 radical (unpaired) electrons. The van der Waals surface area contributed by atoms with Crippen LogP contribution in [0.4, 0.5) is 0 Å². The highest BCUT2D eigenvalue weighted by Crippen LogP contribution is 2.32. The average Bonchev–Trinajstić information content (AvgIpc) is 2.83. The Balaban J connectivity index is 2.25. The first-order chi connectivity index (χ1) is 7.45. The van der Waals surface area contributed by atoms with Gasteiger partial charge in [-0.25, -0.2) is 0 Å². The Labute approximate surface area is 86.3 Å². The van der Waals surface area contributed by atoms with Gasteiger partial charge in [0.05, 0.1) is 0 Å². The molecule has 3 rings (SSSR count). The van der Waals surface area contributed by atoms with Crippen molar-refractivity contribution in [3.63, 3.8) is 0 Å². The Hall–Kier alpha value is -2.23. The van der Waals surface area contributed by atoms with Gasteiger partial charge in [0.2, 0.25) is 5.82 Å². The Bertz CT molecular complexity index is 544. The van der Waals surface area contributed by atoms with Crippen molar-refractivity contribution in [3.8, 4) is 22.5 Å². The van der Waals surface area contributed by atoms with Crippen molar-refractivity contribution in [1.82, 2.24) is 20.6 Å². The molecule has 2 aliphatic carbocycles. The first kappa shape index (κ1) is 8.11. The van der Waals surface area contributed by atoms with E-state index in [9.17, 15) is 0 Å². The molecule has 0 fully saturated rings. The molecule has 0 saturated carbocycles. The van der Waals surface area contributed by atoms with E-state index in [4.69, 9.17) is 0 Å². The summed E-state index contributed by atoms with van der Waals surface area (Å²) < 4.78 is 0. The van der Waals surface area contributed by atoms with E-state index in [1.807, 2.05) is 24.3 Å². The third kappa shape index (κ3) is 1.27. The number of nitrogens with zero attached hydrogens (tertiary/aromatic N) is 3. The van der Waals surface area contributed by atoms with E-state index in [0.717, 1.165) is 11.1 Å². The summed E-state index contributed by atoms with van der Waals surface area (Å²) in [5.41, 5.74) is 3.33. The minimum absolute atomic E-state index is 0.635. The highest BCUT2D eigenvalue weighted by atomic mass is 15.5. The van der Waals surface area contributed by atoms with Crippen LogP contribution < -0.4 is 0 Å². The number of H-pyrrole nitrogens is 1. The standard InChI is InChI=1S/C11H8N4/c1-2-4-8-6-7-10(9(8)5-3-1)11-12-14-15-13-11/h1-7H,(H,12,13,14,15). The summed E-state index contributed by atoms with van der Waals surface area (Å²) in [4.78, 5) is 0. The molecule has 1 N–H and O–H groups in total. The normalized spacial score (nSPS) is 10.7. The monoisotopic (exact) mass is 196 g/mol. The average molecular weight is 196 g/mol. The summed E-state index contributed by atoms with van der Waals surface area (Å²) in [6, 6.07) is 14.2. The van der Waals surface area contributed by atoms with Crippen LogP contribution in [0, 0.1) is 0 Å². The van der Waals surface area contributed by atoms with Crippen molar-refractivity contribution in [2.45, 2.75) is 0 Å². The number of tetrazole rings is 1. The molecule has 1 heterocycles. The van der Waals surface area contributed by atoms with E-state index >= 15 is 0 Å². The molecule has 0 aromatic carbocycles. The van der Waals surface area contributed by atoms with E-state index in [2.05, 4.69) is 38.8 Å². The molecule has 1 aromatic heterocycles. The van der Waals surface area contributed by atoms with Crippen LogP contribution in [-0.2, 0) is 0 Å². The molecule has 0 unspecified atom stereocenters. The summed E-state index contributed by atoms with van der Waals surface area (Å²) in [5.74, 6) is 0.635. The topological polar surface area (TPSA) is 54.5 Å². The number of aromatic amines is 1. The van der Waals surface area contributed by atoms with Gasteiger partial charge in [-0.3, -0.25) is 0 Å². The zero-order valence-electron chi connectivity index (χ0n) is 7.88. The van der Waals surface area contributed by atoms with Crippen LogP contribution in [0.3, 0.4) is 0 Å². The molecule has 0 spiro atoms. The fraction of sp³-hybridized carbons (Fsp3) is 0. The largest absolute Gasteiger partial charge is 0.205 e. The van der Waals surface area contributed by atoms with Gasteiger partial charge in [0.25, 0.3) is 0 Å². The number of hydrogen-bond acceptors (Lipinski definition) is 3. The Morgan fingerprint density at radius 3 is 2.67 bits per heavy atom. The van der Waals surface area contributed by atoms with Crippen LogP contribution >= 0.6 is 0 Å². The van der Waals surface area contributed by atoms with Gasteiger partial charge in [-0.1, -0.05) is 36.4 Å². The van der Waals surface area contributed by atoms with Crippen LogP contribution in [0.1, 0.15) is 0 Å². The lowest BCUT2D eigenvalue weighted by Gasteiger charge is -1.94. The molecule has 0 bridgehead atoms. The molecule has 0 aliphatic heterocycles. The summed E-state index contributed by atoms with van der Waals surface area (Å²) in [6.07, 6.45) is 0. The van der Waals surface area contributed by atoms with Crippen molar-refractivity contribution < 1.29 is 0 Å². The van der Waals surface area contributed by atoms with Gasteiger partial charge in [0, 0.05) is 5.56 Å². The quantitative estimate of drug-likeness (QED) is 0.647. The maximum absolute atomic E-state index is 3.98. The second-order valence-corrected chi connectivity index (χ2v) is 3.26. The zero-order valence-corrected chi connectivity index (χ0v) is 7.88. The van der Waals surface area contributed by atoms with Crippen molar-refractivity contribution in [2.24, 2.45) is 0 Å². The Morgan fingerprint density at radius 1 is 0.867 bits per heavy atom. The molecule has 72 valence electrons. The first-order valence-electron chi connectivity index (χ1n) is 4.67. The van der Waals surface area contributed by atoms with Crippen LogP contribution in [0.15, 0.2) is 42.5 Å². The lowest BCUT2D eigenvalue weighted by molar-refractivity contribution is 0.881. The highest BCUT2D eigenvalue weighted by molar-refractivity contribution is 5.83. The van der Waals surface area contributed by atoms with Crippen molar-refractivity contribution in [2.75, 3.05) is 0 Å². The summed E-state index contributed by atoms with van der Waals surface area (Å²) in [5, 5.41) is 14.0. The smallest absolute Gasteiger partial charge is 0.177 e. The van der Waals surface area contributed by atoms with Gasteiger partial charge < -0.3 is 0 Å². The zero-order chi connectivity index (χ0) is 10.1. The SMILES string of the molecule is c1ccc2ccc(-c3nn[nH]n3)c-2cc1. The second kappa shape index (κ2) is 3.16. The molecule has 4 heteroatoms. The summed E-state index contributed by atoms with van der Waals surface area (Å²) in [7, 11) is 0. The van der Waals surface area contributed by atoms with E-state index in [-0.39, 0.29) is 0 Å². The van der Waals surface area contributed by atoms with Gasteiger partial charge in [-0.05, 0) is 22.4 Å². The van der Waals surface area contributed by atoms with Gasteiger partial charge in [-0.15, -0.1) is 10.2 Å². The Morgan fingerprint density at radius 2 is 1.80 bits per heavy atom. The molecule has 0 saturated heterocycles. The van der Waals surface area contributed by atoms with E-state index in [1.165, 1.54) is 5.56 Å². The third-order valence-corrected chi connectivity index (χ3v) is 2.38. The number of nitrogens with one attached hydrogen (secondary N) is 1. The molecule has 0 atom stereocenters. The molecule has 4 nitrogen and oxygen atoms in total. The minimum Gasteiger partial charge on any atom is -0.177 e. The molecular formula is C11H8N4. The minimum atomic E-state index is 0.635. The third-order valence-electron chi connectivity index (χ3n) is 2.38. The van der Waals surface area contributed by atoms with Crippen LogP contribution in [-0.4, -0.2) is 20.6 Å². The summed E-state index contributed by atoms with van der Waals surface area (Å²) >= 11 is 0. The number of hydrogen-bond donors (Lipinski definition) is 1. The fourth-order valence-electron chi connectivity index (χ4n) is 1.69. The maximum Gasteiger partial charge on any atom is 0.205 e. The Kier molecular flexibility index (Phi) is 1.71. The molecule has 2 aliphatic rings. The number of fused-ring (bicyclic) bond motifs is 1. The number of aromatic nitrogens is 4. The molecule has 0 amide bonds. The highest BCUT2D eigenvalue weighted by Gasteiger charge is 2.12. The van der Waals surface area contributed by atoms with Crippen molar-refractivity contribution >= 4 is 0 Å². The summed E-state index contributed by atoms with van der Waals surface area (Å²) in [6.45, 7) is 0. The van der Waals surface area contributed by atoms with Crippen LogP contribution in [0.2, 0.25) is 0 Å². The second-order valence-electron chi connectivity index (χ2n) is 3.26. The van der Waals surface area contributed by atoms with Crippen molar-refractivity contribution in [3.05, 3.63) is 42.5 Å². The van der Waals surface area contributed by atoms with Gasteiger partial charge in [0.15, 0.2) is 0 Å². The first-order valence-corrected chi connectivity index (χ1v) is 4.67.